The van der Waals surface area contributed by atoms with Crippen LogP contribution >= 0.6 is 0 Å². The molecule has 0 unspecified atom stereocenters. The van der Waals surface area contributed by atoms with Crippen molar-refractivity contribution in [2.24, 2.45) is 11.5 Å². The van der Waals surface area contributed by atoms with Gasteiger partial charge < -0.3 is 21.3 Å². The molecule has 2 aromatic rings. The van der Waals surface area contributed by atoms with Gasteiger partial charge in [-0.2, -0.15) is 0 Å². The highest BCUT2D eigenvalue weighted by Gasteiger charge is 2.11. The highest BCUT2D eigenvalue weighted by molar-refractivity contribution is 5.29. The van der Waals surface area contributed by atoms with Gasteiger partial charge in [0.2, 0.25) is 0 Å². The zero-order valence-electron chi connectivity index (χ0n) is 15.3. The van der Waals surface area contributed by atoms with Crippen LogP contribution in [0.25, 0.3) is 0 Å². The third-order valence-electron chi connectivity index (χ3n) is 3.25. The van der Waals surface area contributed by atoms with Crippen molar-refractivity contribution >= 4 is 0 Å². The molecule has 0 heterocycles. The SMILES string of the molecule is C[C@@H](N)c1ccc(O)cc1.C[C@@H](N)c1ccc(OC(C)(C)C)cc1. The molecular weight excluding hydrogens is 300 g/mol. The summed E-state index contributed by atoms with van der Waals surface area (Å²) in [4.78, 5) is 0. The summed E-state index contributed by atoms with van der Waals surface area (Å²) in [5.41, 5.74) is 13.4. The summed E-state index contributed by atoms with van der Waals surface area (Å²) < 4.78 is 5.70. The summed E-state index contributed by atoms with van der Waals surface area (Å²) in [6, 6.07) is 15.0. The Morgan fingerprint density at radius 3 is 1.50 bits per heavy atom. The number of hydrogen-bond donors (Lipinski definition) is 3. The van der Waals surface area contributed by atoms with E-state index in [1.54, 1.807) is 12.1 Å². The fourth-order valence-electron chi connectivity index (χ4n) is 1.97. The molecule has 2 atom stereocenters. The minimum absolute atomic E-state index is 0.0422. The van der Waals surface area contributed by atoms with Crippen LogP contribution in [0, 0.1) is 0 Å². The van der Waals surface area contributed by atoms with Crippen LogP contribution in [0.5, 0.6) is 11.5 Å². The fraction of sp³-hybridized carbons (Fsp3) is 0.400. The van der Waals surface area contributed by atoms with Gasteiger partial charge in [0, 0.05) is 12.1 Å². The van der Waals surface area contributed by atoms with Crippen molar-refractivity contribution in [3.8, 4) is 11.5 Å². The molecule has 4 heteroatoms. The number of phenolic OH excluding ortho intramolecular Hbond substituents is 1. The van der Waals surface area contributed by atoms with Crippen molar-refractivity contribution in [2.75, 3.05) is 0 Å². The van der Waals surface area contributed by atoms with Crippen LogP contribution in [0.15, 0.2) is 48.5 Å². The normalized spacial score (nSPS) is 13.5. The molecule has 0 saturated heterocycles. The average molecular weight is 330 g/mol. The first-order valence-electron chi connectivity index (χ1n) is 8.17. The maximum Gasteiger partial charge on any atom is 0.120 e. The zero-order valence-corrected chi connectivity index (χ0v) is 15.3. The van der Waals surface area contributed by atoms with Crippen LogP contribution in [0.3, 0.4) is 0 Å². The van der Waals surface area contributed by atoms with Gasteiger partial charge in [-0.1, -0.05) is 24.3 Å². The molecule has 2 rings (SSSR count). The van der Waals surface area contributed by atoms with E-state index >= 15 is 0 Å². The smallest absolute Gasteiger partial charge is 0.120 e. The molecule has 24 heavy (non-hydrogen) atoms. The molecule has 0 spiro atoms. The number of phenols is 1. The third kappa shape index (κ3) is 7.49. The first kappa shape index (κ1) is 20.0. The summed E-state index contributed by atoms with van der Waals surface area (Å²) >= 11 is 0. The lowest BCUT2D eigenvalue weighted by atomic mass is 10.1. The first-order chi connectivity index (χ1) is 11.1. The molecule has 0 aliphatic heterocycles. The minimum Gasteiger partial charge on any atom is -0.508 e. The van der Waals surface area contributed by atoms with E-state index in [4.69, 9.17) is 21.3 Å². The van der Waals surface area contributed by atoms with E-state index in [0.717, 1.165) is 16.9 Å². The Labute approximate surface area is 145 Å². The highest BCUT2D eigenvalue weighted by atomic mass is 16.5. The van der Waals surface area contributed by atoms with E-state index in [-0.39, 0.29) is 23.4 Å². The van der Waals surface area contributed by atoms with Gasteiger partial charge in [-0.15, -0.1) is 0 Å². The Morgan fingerprint density at radius 2 is 1.17 bits per heavy atom. The van der Waals surface area contributed by atoms with Crippen molar-refractivity contribution in [1.29, 1.82) is 0 Å². The Bertz CT molecular complexity index is 597. The second kappa shape index (κ2) is 8.71. The topological polar surface area (TPSA) is 81.5 Å². The maximum absolute atomic E-state index is 8.90. The van der Waals surface area contributed by atoms with E-state index in [1.165, 1.54) is 0 Å². The standard InChI is InChI=1S/C12H19NO.C8H11NO/c1-9(13)10-5-7-11(8-6-10)14-12(2,3)4;1-6(9)7-2-4-8(10)5-3-7/h5-9H,13H2,1-4H3;2-6,10H,9H2,1H3/t9-;6-/m11/s1. The van der Waals surface area contributed by atoms with Gasteiger partial charge in [0.05, 0.1) is 0 Å². The van der Waals surface area contributed by atoms with Gasteiger partial charge in [0.1, 0.15) is 17.1 Å². The van der Waals surface area contributed by atoms with Gasteiger partial charge in [-0.25, -0.2) is 0 Å². The van der Waals surface area contributed by atoms with Gasteiger partial charge in [-0.3, -0.25) is 0 Å². The molecule has 132 valence electrons. The lowest BCUT2D eigenvalue weighted by Gasteiger charge is -2.21. The summed E-state index contributed by atoms with van der Waals surface area (Å²) in [5, 5.41) is 8.90. The van der Waals surface area contributed by atoms with E-state index in [0.29, 0.717) is 0 Å². The quantitative estimate of drug-likeness (QED) is 0.784. The molecule has 5 N–H and O–H groups in total. The Hall–Kier alpha value is -2.04. The molecule has 0 saturated carbocycles. The number of aromatic hydroxyl groups is 1. The predicted octanol–water partition coefficient (Wildman–Crippen LogP) is 4.30. The molecule has 0 aromatic heterocycles. The van der Waals surface area contributed by atoms with Gasteiger partial charge in [-0.05, 0) is 70.0 Å². The largest absolute Gasteiger partial charge is 0.508 e. The predicted molar refractivity (Wildman–Crippen MR) is 100 cm³/mol. The Morgan fingerprint density at radius 1 is 0.792 bits per heavy atom. The van der Waals surface area contributed by atoms with Crippen molar-refractivity contribution in [2.45, 2.75) is 52.3 Å². The van der Waals surface area contributed by atoms with Crippen LogP contribution in [0.1, 0.15) is 57.8 Å². The van der Waals surface area contributed by atoms with E-state index in [1.807, 2.05) is 71.0 Å². The van der Waals surface area contributed by atoms with Crippen molar-refractivity contribution < 1.29 is 9.84 Å². The van der Waals surface area contributed by atoms with Crippen LogP contribution in [0.4, 0.5) is 0 Å². The molecule has 0 radical (unpaired) electrons. The maximum atomic E-state index is 8.90. The van der Waals surface area contributed by atoms with E-state index in [9.17, 15) is 0 Å². The minimum atomic E-state index is -0.143. The fourth-order valence-corrected chi connectivity index (χ4v) is 1.97. The molecule has 2 aromatic carbocycles. The lowest BCUT2D eigenvalue weighted by Crippen LogP contribution is -2.22. The molecule has 0 fully saturated rings. The monoisotopic (exact) mass is 330 g/mol. The zero-order chi connectivity index (χ0) is 18.3. The summed E-state index contributed by atoms with van der Waals surface area (Å²) in [6.07, 6.45) is 0. The van der Waals surface area contributed by atoms with Crippen LogP contribution in [-0.2, 0) is 0 Å². The average Bonchev–Trinajstić information content (AvgIpc) is 2.47. The van der Waals surface area contributed by atoms with Crippen molar-refractivity contribution in [3.63, 3.8) is 0 Å². The van der Waals surface area contributed by atoms with Crippen LogP contribution in [-0.4, -0.2) is 10.7 Å². The second-order valence-corrected chi connectivity index (χ2v) is 6.95. The number of benzene rings is 2. The Balaban J connectivity index is 0.000000254. The van der Waals surface area contributed by atoms with E-state index < -0.39 is 0 Å². The number of ether oxygens (including phenoxy) is 1. The molecule has 0 bridgehead atoms. The summed E-state index contributed by atoms with van der Waals surface area (Å²) in [5.74, 6) is 1.17. The Kier molecular flexibility index (Phi) is 7.26. The van der Waals surface area contributed by atoms with Crippen molar-refractivity contribution in [1.82, 2.24) is 0 Å². The third-order valence-corrected chi connectivity index (χ3v) is 3.25. The number of nitrogens with two attached hydrogens (primary N) is 2. The number of hydrogen-bond acceptors (Lipinski definition) is 4. The highest BCUT2D eigenvalue weighted by Crippen LogP contribution is 2.20. The summed E-state index contributed by atoms with van der Waals surface area (Å²) in [6.45, 7) is 9.98. The van der Waals surface area contributed by atoms with Gasteiger partial charge in [0.15, 0.2) is 0 Å². The van der Waals surface area contributed by atoms with Crippen LogP contribution < -0.4 is 16.2 Å². The first-order valence-corrected chi connectivity index (χ1v) is 8.17. The molecule has 0 amide bonds. The van der Waals surface area contributed by atoms with E-state index in [2.05, 4.69) is 0 Å². The molecule has 4 nitrogen and oxygen atoms in total. The summed E-state index contributed by atoms with van der Waals surface area (Å²) in [7, 11) is 0. The second-order valence-electron chi connectivity index (χ2n) is 6.95. The van der Waals surface area contributed by atoms with Crippen molar-refractivity contribution in [3.05, 3.63) is 59.7 Å². The molecular formula is C20H30N2O2. The lowest BCUT2D eigenvalue weighted by molar-refractivity contribution is 0.131. The number of rotatable bonds is 3. The molecule has 0 aliphatic carbocycles. The molecule has 0 aliphatic rings. The van der Waals surface area contributed by atoms with Gasteiger partial charge in [0.25, 0.3) is 0 Å². The van der Waals surface area contributed by atoms with Gasteiger partial charge >= 0.3 is 0 Å². The van der Waals surface area contributed by atoms with Crippen LogP contribution in [0.2, 0.25) is 0 Å².